The van der Waals surface area contributed by atoms with Crippen LogP contribution >= 0.6 is 0 Å². The summed E-state index contributed by atoms with van der Waals surface area (Å²) in [4.78, 5) is 28.0. The summed E-state index contributed by atoms with van der Waals surface area (Å²) in [7, 11) is -0.593. The van der Waals surface area contributed by atoms with Gasteiger partial charge in [-0.2, -0.15) is 0 Å². The number of nitrogens with zero attached hydrogens (tertiary/aromatic N) is 1. The quantitative estimate of drug-likeness (QED) is 0.540. The predicted octanol–water partition coefficient (Wildman–Crippen LogP) is 4.91. The summed E-state index contributed by atoms with van der Waals surface area (Å²) in [5, 5.41) is 0. The van der Waals surface area contributed by atoms with Crippen molar-refractivity contribution >= 4 is 20.2 Å². The maximum atomic E-state index is 13.2. The van der Waals surface area contributed by atoms with Crippen LogP contribution in [0.1, 0.15) is 75.2 Å². The number of ketones is 1. The molecule has 0 saturated carbocycles. The molecule has 0 aromatic carbocycles. The van der Waals surface area contributed by atoms with Gasteiger partial charge in [0.05, 0.1) is 12.7 Å². The van der Waals surface area contributed by atoms with E-state index in [-0.39, 0.29) is 24.5 Å². The highest BCUT2D eigenvalue weighted by atomic mass is 28.4. The van der Waals surface area contributed by atoms with E-state index < -0.39 is 25.6 Å². The van der Waals surface area contributed by atoms with Crippen LogP contribution in [-0.4, -0.2) is 62.1 Å². The number of carbonyl (C=O) groups is 2. The van der Waals surface area contributed by atoms with Crippen molar-refractivity contribution in [3.05, 3.63) is 0 Å². The van der Waals surface area contributed by atoms with Crippen LogP contribution in [0.3, 0.4) is 0 Å². The molecule has 7 heteroatoms. The molecule has 2 fully saturated rings. The van der Waals surface area contributed by atoms with Gasteiger partial charge in [0.25, 0.3) is 0 Å². The number of fused-ring (bicyclic) bond motifs is 2. The third-order valence-electron chi connectivity index (χ3n) is 6.84. The number of methoxy groups -OCH3 is 1. The molecule has 6 nitrogen and oxygen atoms in total. The van der Waals surface area contributed by atoms with Crippen molar-refractivity contribution in [2.75, 3.05) is 13.7 Å². The Morgan fingerprint density at radius 3 is 2.07 bits per heavy atom. The summed E-state index contributed by atoms with van der Waals surface area (Å²) in [6, 6.07) is -0.181. The number of Topliss-reactive ketones (excluding diaryl/α,β-unsaturated/α-hetero) is 1. The van der Waals surface area contributed by atoms with E-state index in [4.69, 9.17) is 13.9 Å². The van der Waals surface area contributed by atoms with Crippen LogP contribution in [0.2, 0.25) is 16.6 Å². The molecule has 0 N–H and O–H groups in total. The minimum atomic E-state index is -2.21. The fourth-order valence-corrected chi connectivity index (χ4v) is 11.3. The van der Waals surface area contributed by atoms with Gasteiger partial charge in [-0.1, -0.05) is 41.5 Å². The van der Waals surface area contributed by atoms with E-state index in [1.54, 1.807) is 12.0 Å². The highest BCUT2D eigenvalue weighted by Crippen LogP contribution is 2.49. The normalized spacial score (nSPS) is 27.6. The van der Waals surface area contributed by atoms with Gasteiger partial charge in [0.1, 0.15) is 5.60 Å². The molecule has 0 aromatic rings. The monoisotopic (exact) mass is 427 g/mol. The van der Waals surface area contributed by atoms with Gasteiger partial charge in [-0.25, -0.2) is 4.79 Å². The highest BCUT2D eigenvalue weighted by Gasteiger charge is 2.67. The number of amides is 1. The minimum Gasteiger partial charge on any atom is -0.444 e. The summed E-state index contributed by atoms with van der Waals surface area (Å²) in [6.07, 6.45) is 0.189. The zero-order valence-electron chi connectivity index (χ0n) is 20.0. The first kappa shape index (κ1) is 24.3. The zero-order valence-corrected chi connectivity index (χ0v) is 21.0. The van der Waals surface area contributed by atoms with E-state index in [1.165, 1.54) is 0 Å². The van der Waals surface area contributed by atoms with Gasteiger partial charge in [0.2, 0.25) is 0 Å². The Labute approximate surface area is 177 Å². The molecule has 2 rings (SSSR count). The van der Waals surface area contributed by atoms with Crippen molar-refractivity contribution in [3.8, 4) is 0 Å². The highest BCUT2D eigenvalue weighted by molar-refractivity contribution is 6.77. The number of hydrogen-bond donors (Lipinski definition) is 0. The van der Waals surface area contributed by atoms with E-state index >= 15 is 0 Å². The summed E-state index contributed by atoms with van der Waals surface area (Å²) >= 11 is 0. The molecule has 3 unspecified atom stereocenters. The van der Waals surface area contributed by atoms with Gasteiger partial charge in [-0.3, -0.25) is 9.69 Å². The Hall–Kier alpha value is -0.923. The molecular formula is C22H41NO5Si. The SMILES string of the molecule is COC1CC2CC(=O)C1(CO[Si](C(C)C)(C(C)C)C(C)C)N2C(=O)OC(C)(C)C. The topological polar surface area (TPSA) is 65.1 Å². The Morgan fingerprint density at radius 1 is 1.14 bits per heavy atom. The average Bonchev–Trinajstić information content (AvgIpc) is 3.01. The lowest BCUT2D eigenvalue weighted by Gasteiger charge is -2.46. The van der Waals surface area contributed by atoms with Crippen LogP contribution in [-0.2, 0) is 18.7 Å². The largest absolute Gasteiger partial charge is 0.444 e. The molecular weight excluding hydrogens is 386 g/mol. The standard InChI is InChI=1S/C22H41NO5Si/c1-14(2)29(15(3)4,16(5)6)27-13-22-18(24)11-17(12-19(22)26-10)23(22)20(25)28-21(7,8)9/h14-17,19H,11-13H2,1-10H3. The lowest BCUT2D eigenvalue weighted by Crippen LogP contribution is -2.62. The number of rotatable bonds is 7. The van der Waals surface area contributed by atoms with Crippen molar-refractivity contribution in [2.45, 2.75) is 115 Å². The first-order chi connectivity index (χ1) is 13.2. The summed E-state index contributed by atoms with van der Waals surface area (Å²) in [5.41, 5.74) is -0.534. The van der Waals surface area contributed by atoms with Gasteiger partial charge >= 0.3 is 6.09 Å². The smallest absolute Gasteiger partial charge is 0.411 e. The maximum Gasteiger partial charge on any atom is 0.411 e. The molecule has 2 aliphatic rings. The van der Waals surface area contributed by atoms with E-state index in [0.29, 0.717) is 29.5 Å². The Balaban J connectivity index is 2.43. The van der Waals surface area contributed by atoms with Crippen molar-refractivity contribution in [1.82, 2.24) is 4.90 Å². The van der Waals surface area contributed by atoms with Crippen LogP contribution < -0.4 is 0 Å². The van der Waals surface area contributed by atoms with E-state index in [9.17, 15) is 9.59 Å². The second-order valence-electron chi connectivity index (χ2n) is 10.6. The maximum absolute atomic E-state index is 13.2. The average molecular weight is 428 g/mol. The molecule has 0 radical (unpaired) electrons. The van der Waals surface area contributed by atoms with E-state index in [0.717, 1.165) is 0 Å². The molecule has 2 saturated heterocycles. The van der Waals surface area contributed by atoms with Crippen molar-refractivity contribution in [3.63, 3.8) is 0 Å². The van der Waals surface area contributed by atoms with E-state index in [1.807, 2.05) is 20.8 Å². The van der Waals surface area contributed by atoms with Crippen LogP contribution in [0.15, 0.2) is 0 Å². The summed E-state index contributed by atoms with van der Waals surface area (Å²) < 4.78 is 18.2. The molecule has 29 heavy (non-hydrogen) atoms. The molecule has 2 heterocycles. The molecule has 0 spiro atoms. The van der Waals surface area contributed by atoms with Crippen LogP contribution in [0.5, 0.6) is 0 Å². The van der Waals surface area contributed by atoms with Crippen molar-refractivity contribution in [2.24, 2.45) is 0 Å². The third kappa shape index (κ3) is 4.02. The lowest BCUT2D eigenvalue weighted by atomic mass is 9.84. The Kier molecular flexibility index (Phi) is 6.98. The van der Waals surface area contributed by atoms with Gasteiger partial charge in [-0.15, -0.1) is 0 Å². The second-order valence-corrected chi connectivity index (χ2v) is 16.1. The van der Waals surface area contributed by atoms with Crippen molar-refractivity contribution in [1.29, 1.82) is 0 Å². The Morgan fingerprint density at radius 2 is 1.66 bits per heavy atom. The molecule has 0 aromatic heterocycles. The lowest BCUT2D eigenvalue weighted by molar-refractivity contribution is -0.134. The zero-order chi connectivity index (χ0) is 22.4. The fraction of sp³-hybridized carbons (Fsp3) is 0.909. The van der Waals surface area contributed by atoms with Gasteiger partial charge in [0, 0.05) is 19.6 Å². The summed E-state index contributed by atoms with van der Waals surface area (Å²) in [5.74, 6) is 0.0330. The molecule has 0 aliphatic carbocycles. The summed E-state index contributed by atoms with van der Waals surface area (Å²) in [6.45, 7) is 19.0. The van der Waals surface area contributed by atoms with Crippen LogP contribution in [0.25, 0.3) is 0 Å². The van der Waals surface area contributed by atoms with Crippen LogP contribution in [0.4, 0.5) is 4.79 Å². The minimum absolute atomic E-state index is 0.0330. The van der Waals surface area contributed by atoms with Crippen molar-refractivity contribution < 1.29 is 23.5 Å². The molecule has 168 valence electrons. The molecule has 3 atom stereocenters. The first-order valence-electron chi connectivity index (χ1n) is 11.0. The van der Waals surface area contributed by atoms with E-state index in [2.05, 4.69) is 41.5 Å². The van der Waals surface area contributed by atoms with Gasteiger partial charge < -0.3 is 13.9 Å². The third-order valence-corrected chi connectivity index (χ3v) is 12.9. The van der Waals surface area contributed by atoms with Crippen LogP contribution in [0, 0.1) is 0 Å². The first-order valence-corrected chi connectivity index (χ1v) is 13.1. The van der Waals surface area contributed by atoms with Gasteiger partial charge in [-0.05, 0) is 43.8 Å². The molecule has 1 amide bonds. The molecule has 2 aliphatic heterocycles. The van der Waals surface area contributed by atoms with Gasteiger partial charge in [0.15, 0.2) is 19.6 Å². The number of hydrogen-bond acceptors (Lipinski definition) is 5. The number of carbonyl (C=O) groups excluding carboxylic acids is 2. The predicted molar refractivity (Wildman–Crippen MR) is 117 cm³/mol. The molecule has 2 bridgehead atoms. The Bertz CT molecular complexity index is 605. The fourth-order valence-electron chi connectivity index (χ4n) is 5.80. The number of ether oxygens (including phenoxy) is 2. The second kappa shape index (κ2) is 8.31.